The smallest absolute Gasteiger partial charge is 0.246 e. The lowest BCUT2D eigenvalue weighted by atomic mass is 10.1. The van der Waals surface area contributed by atoms with E-state index in [1.165, 1.54) is 11.8 Å². The second-order valence-electron chi connectivity index (χ2n) is 3.44. The maximum Gasteiger partial charge on any atom is 0.246 e. The maximum absolute atomic E-state index is 6.89. The topological polar surface area (TPSA) is 54.3 Å². The van der Waals surface area contributed by atoms with Crippen LogP contribution in [0.4, 0.5) is 0 Å². The third kappa shape index (κ3) is 2.76. The van der Waals surface area contributed by atoms with Gasteiger partial charge in [0.25, 0.3) is 0 Å². The van der Waals surface area contributed by atoms with Crippen LogP contribution in [0.2, 0.25) is 0 Å². The summed E-state index contributed by atoms with van der Waals surface area (Å²) in [6.45, 7) is 0.452. The highest BCUT2D eigenvalue weighted by atomic mass is 16.7. The van der Waals surface area contributed by atoms with Crippen LogP contribution in [-0.2, 0) is 15.9 Å². The Kier molecular flexibility index (Phi) is 3.43. The van der Waals surface area contributed by atoms with Crippen molar-refractivity contribution < 1.29 is 9.47 Å². The molecule has 0 saturated heterocycles. The minimum Gasteiger partial charge on any atom is -0.457 e. The number of hydrogen-bond donors (Lipinski definition) is 2. The Morgan fingerprint density at radius 2 is 2.12 bits per heavy atom. The molecule has 1 aliphatic heterocycles. The summed E-state index contributed by atoms with van der Waals surface area (Å²) < 4.78 is 10.8. The molecule has 4 heteroatoms. The molecule has 0 amide bonds. The lowest BCUT2D eigenvalue weighted by Crippen LogP contribution is -2.19. The summed E-state index contributed by atoms with van der Waals surface area (Å²) in [7, 11) is 0. The molecule has 1 atom stereocenters. The van der Waals surface area contributed by atoms with Gasteiger partial charge in [-0.2, -0.15) is 0 Å². The molecule has 0 aliphatic carbocycles. The van der Waals surface area contributed by atoms with Crippen LogP contribution in [0.5, 0.6) is 0 Å². The van der Waals surface area contributed by atoms with E-state index in [2.05, 4.69) is 5.32 Å². The van der Waals surface area contributed by atoms with E-state index in [-0.39, 0.29) is 6.29 Å². The fraction of sp³-hybridized carbons (Fsp3) is 0.250. The quantitative estimate of drug-likeness (QED) is 0.739. The Morgan fingerprint density at radius 1 is 1.31 bits per heavy atom. The van der Waals surface area contributed by atoms with Crippen LogP contribution in [0.15, 0.2) is 42.5 Å². The van der Waals surface area contributed by atoms with Gasteiger partial charge in [-0.1, -0.05) is 30.3 Å². The maximum atomic E-state index is 6.89. The lowest BCUT2D eigenvalue weighted by molar-refractivity contribution is -0.0334. The Hall–Kier alpha value is -1.97. The summed E-state index contributed by atoms with van der Waals surface area (Å²) in [5.41, 5.74) is 1.18. The molecule has 1 unspecified atom stereocenters. The van der Waals surface area contributed by atoms with Crippen LogP contribution in [-0.4, -0.2) is 19.0 Å². The fourth-order valence-corrected chi connectivity index (χ4v) is 1.47. The zero-order valence-electron chi connectivity index (χ0n) is 8.85. The first-order valence-electron chi connectivity index (χ1n) is 5.17. The second-order valence-corrected chi connectivity index (χ2v) is 3.44. The monoisotopic (exact) mass is 218 g/mol. The van der Waals surface area contributed by atoms with Crippen LogP contribution in [0, 0.1) is 5.41 Å². The van der Waals surface area contributed by atoms with Gasteiger partial charge in [0.2, 0.25) is 12.2 Å². The van der Waals surface area contributed by atoms with Gasteiger partial charge in [-0.15, -0.1) is 0 Å². The fourth-order valence-electron chi connectivity index (χ4n) is 1.47. The molecule has 2 rings (SSSR count). The van der Waals surface area contributed by atoms with E-state index < -0.39 is 0 Å². The standard InChI is InChI=1S/C12H14N2O2/c13-6-7-14-11-9-15-12(16-11)8-10-4-2-1-3-5-10/h1-6,9,12-14H,7-8H2. The van der Waals surface area contributed by atoms with Gasteiger partial charge in [0.05, 0.1) is 6.54 Å². The molecule has 0 radical (unpaired) electrons. The number of ether oxygens (including phenoxy) is 2. The highest BCUT2D eigenvalue weighted by molar-refractivity contribution is 5.55. The van der Waals surface area contributed by atoms with E-state index in [1.54, 1.807) is 6.26 Å². The van der Waals surface area contributed by atoms with E-state index in [1.807, 2.05) is 30.3 Å². The highest BCUT2D eigenvalue weighted by Crippen LogP contribution is 2.16. The summed E-state index contributed by atoms with van der Waals surface area (Å²) in [5, 5.41) is 9.80. The SMILES string of the molecule is N=CCNC1=COC(Cc2ccccc2)O1. The van der Waals surface area contributed by atoms with Crippen LogP contribution in [0.3, 0.4) is 0 Å². The molecule has 0 saturated carbocycles. The third-order valence-electron chi connectivity index (χ3n) is 2.21. The van der Waals surface area contributed by atoms with Crippen molar-refractivity contribution in [2.45, 2.75) is 12.7 Å². The van der Waals surface area contributed by atoms with E-state index in [9.17, 15) is 0 Å². The normalized spacial score (nSPS) is 18.2. The summed E-state index contributed by atoms with van der Waals surface area (Å²) in [5.74, 6) is 0.587. The summed E-state index contributed by atoms with van der Waals surface area (Å²) in [6, 6.07) is 10.0. The molecule has 0 bridgehead atoms. The Morgan fingerprint density at radius 3 is 2.88 bits per heavy atom. The molecule has 1 aromatic carbocycles. The average Bonchev–Trinajstić information content (AvgIpc) is 2.75. The molecule has 0 spiro atoms. The molecule has 2 N–H and O–H groups in total. The summed E-state index contributed by atoms with van der Waals surface area (Å²) in [6.07, 6.45) is 3.27. The van der Waals surface area contributed by atoms with Crippen LogP contribution >= 0.6 is 0 Å². The van der Waals surface area contributed by atoms with E-state index in [0.717, 1.165) is 0 Å². The van der Waals surface area contributed by atoms with Gasteiger partial charge in [0.15, 0.2) is 0 Å². The van der Waals surface area contributed by atoms with Crippen LogP contribution < -0.4 is 5.32 Å². The summed E-state index contributed by atoms with van der Waals surface area (Å²) in [4.78, 5) is 0. The minimum atomic E-state index is -0.268. The third-order valence-corrected chi connectivity index (χ3v) is 2.21. The van der Waals surface area contributed by atoms with Crippen molar-refractivity contribution in [1.82, 2.24) is 5.32 Å². The van der Waals surface area contributed by atoms with Gasteiger partial charge in [0, 0.05) is 12.6 Å². The van der Waals surface area contributed by atoms with Crippen molar-refractivity contribution >= 4 is 6.21 Å². The highest BCUT2D eigenvalue weighted by Gasteiger charge is 2.19. The lowest BCUT2D eigenvalue weighted by Gasteiger charge is -2.11. The van der Waals surface area contributed by atoms with E-state index in [4.69, 9.17) is 14.9 Å². The zero-order chi connectivity index (χ0) is 11.2. The molecule has 4 nitrogen and oxygen atoms in total. The molecule has 0 aromatic heterocycles. The first-order chi connectivity index (χ1) is 7.88. The Labute approximate surface area is 94.4 Å². The molecule has 0 fully saturated rings. The molecular formula is C12H14N2O2. The predicted molar refractivity (Wildman–Crippen MR) is 61.0 cm³/mol. The van der Waals surface area contributed by atoms with Crippen molar-refractivity contribution in [3.05, 3.63) is 48.0 Å². The Bertz CT molecular complexity index is 376. The molecule has 1 aliphatic rings. The molecular weight excluding hydrogens is 204 g/mol. The molecule has 84 valence electrons. The van der Waals surface area contributed by atoms with Crippen molar-refractivity contribution in [2.75, 3.05) is 6.54 Å². The number of nitrogens with one attached hydrogen (secondary N) is 2. The first kappa shape index (κ1) is 10.5. The molecule has 1 aromatic rings. The van der Waals surface area contributed by atoms with Gasteiger partial charge >= 0.3 is 0 Å². The van der Waals surface area contributed by atoms with Crippen molar-refractivity contribution in [2.24, 2.45) is 0 Å². The van der Waals surface area contributed by atoms with Gasteiger partial charge in [0.1, 0.15) is 6.26 Å². The van der Waals surface area contributed by atoms with Gasteiger partial charge in [-0.25, -0.2) is 0 Å². The van der Waals surface area contributed by atoms with Crippen molar-refractivity contribution in [1.29, 1.82) is 5.41 Å². The average molecular weight is 218 g/mol. The second kappa shape index (κ2) is 5.21. The van der Waals surface area contributed by atoms with Crippen LogP contribution in [0.1, 0.15) is 5.56 Å². The number of rotatable bonds is 5. The van der Waals surface area contributed by atoms with Gasteiger partial charge < -0.3 is 20.2 Å². The van der Waals surface area contributed by atoms with E-state index in [0.29, 0.717) is 18.8 Å². The molecule has 16 heavy (non-hydrogen) atoms. The van der Waals surface area contributed by atoms with E-state index >= 15 is 0 Å². The summed E-state index contributed by atoms with van der Waals surface area (Å²) >= 11 is 0. The van der Waals surface area contributed by atoms with Crippen LogP contribution in [0.25, 0.3) is 0 Å². The predicted octanol–water partition coefficient (Wildman–Crippen LogP) is 1.64. The number of benzene rings is 1. The minimum absolute atomic E-state index is 0.268. The van der Waals surface area contributed by atoms with Crippen molar-refractivity contribution in [3.8, 4) is 0 Å². The largest absolute Gasteiger partial charge is 0.457 e. The van der Waals surface area contributed by atoms with Gasteiger partial charge in [-0.05, 0) is 5.56 Å². The van der Waals surface area contributed by atoms with Gasteiger partial charge in [-0.3, -0.25) is 0 Å². The molecule has 1 heterocycles. The number of hydrogen-bond acceptors (Lipinski definition) is 4. The van der Waals surface area contributed by atoms with Crippen molar-refractivity contribution in [3.63, 3.8) is 0 Å². The first-order valence-corrected chi connectivity index (χ1v) is 5.17. The zero-order valence-corrected chi connectivity index (χ0v) is 8.85. The Balaban J connectivity index is 1.81.